The minimum absolute atomic E-state index is 0.0198. The molecule has 1 atom stereocenters. The zero-order chi connectivity index (χ0) is 19.3. The quantitative estimate of drug-likeness (QED) is 0.611. The van der Waals surface area contributed by atoms with Crippen molar-refractivity contribution in [2.45, 2.75) is 19.9 Å². The van der Waals surface area contributed by atoms with E-state index in [0.29, 0.717) is 17.8 Å². The Hall–Kier alpha value is -2.93. The molecule has 0 aliphatic carbocycles. The van der Waals surface area contributed by atoms with Crippen LogP contribution < -0.4 is 10.6 Å². The third kappa shape index (κ3) is 5.03. The number of urea groups is 1. The van der Waals surface area contributed by atoms with Crippen LogP contribution in [-0.4, -0.2) is 36.5 Å². The van der Waals surface area contributed by atoms with Gasteiger partial charge in [-0.15, -0.1) is 0 Å². The van der Waals surface area contributed by atoms with Crippen LogP contribution in [0.5, 0.6) is 0 Å². The Morgan fingerprint density at radius 3 is 2.38 bits per heavy atom. The maximum absolute atomic E-state index is 12.2. The Labute approximate surface area is 153 Å². The molecule has 2 N–H and O–H groups in total. The monoisotopic (exact) mass is 356 g/mol. The van der Waals surface area contributed by atoms with Crippen molar-refractivity contribution < 1.29 is 9.72 Å². The highest BCUT2D eigenvalue weighted by atomic mass is 16.6. The van der Waals surface area contributed by atoms with E-state index in [-0.39, 0.29) is 11.7 Å². The third-order valence-electron chi connectivity index (χ3n) is 4.21. The highest BCUT2D eigenvalue weighted by Gasteiger charge is 2.16. The Morgan fingerprint density at radius 2 is 1.81 bits per heavy atom. The van der Waals surface area contributed by atoms with Gasteiger partial charge in [0, 0.05) is 23.9 Å². The second-order valence-corrected chi connectivity index (χ2v) is 6.48. The fourth-order valence-corrected chi connectivity index (χ4v) is 2.64. The molecule has 26 heavy (non-hydrogen) atoms. The summed E-state index contributed by atoms with van der Waals surface area (Å²) >= 11 is 0. The number of hydrogen-bond donors (Lipinski definition) is 2. The number of benzene rings is 2. The summed E-state index contributed by atoms with van der Waals surface area (Å²) in [5.41, 5.74) is 3.20. The molecule has 0 spiro atoms. The van der Waals surface area contributed by atoms with E-state index in [2.05, 4.69) is 10.6 Å². The van der Waals surface area contributed by atoms with Crippen molar-refractivity contribution in [1.82, 2.24) is 10.2 Å². The van der Waals surface area contributed by atoms with Crippen LogP contribution in [0, 0.1) is 24.0 Å². The summed E-state index contributed by atoms with van der Waals surface area (Å²) in [5, 5.41) is 16.5. The Kier molecular flexibility index (Phi) is 6.30. The van der Waals surface area contributed by atoms with Crippen LogP contribution in [0.4, 0.5) is 16.2 Å². The number of nitro groups is 1. The maximum Gasteiger partial charge on any atom is 0.319 e. The topological polar surface area (TPSA) is 87.5 Å². The average molecular weight is 356 g/mol. The van der Waals surface area contributed by atoms with E-state index in [4.69, 9.17) is 0 Å². The fourth-order valence-electron chi connectivity index (χ4n) is 2.64. The van der Waals surface area contributed by atoms with E-state index in [0.717, 1.165) is 5.56 Å². The molecular weight excluding hydrogens is 332 g/mol. The second kappa shape index (κ2) is 8.44. The number of aryl methyl sites for hydroxylation is 2. The molecule has 2 aromatic carbocycles. The lowest BCUT2D eigenvalue weighted by Gasteiger charge is -2.25. The van der Waals surface area contributed by atoms with Crippen molar-refractivity contribution in [3.63, 3.8) is 0 Å². The van der Waals surface area contributed by atoms with Gasteiger partial charge in [0.15, 0.2) is 0 Å². The first-order valence-electron chi connectivity index (χ1n) is 8.31. The number of amides is 2. The van der Waals surface area contributed by atoms with Crippen LogP contribution in [0.15, 0.2) is 42.5 Å². The molecule has 138 valence electrons. The minimum Gasteiger partial charge on any atom is -0.336 e. The van der Waals surface area contributed by atoms with Crippen molar-refractivity contribution in [3.8, 4) is 0 Å². The standard InChI is InChI=1S/C19H24N4O3/c1-13-5-8-15(9-6-13)18(22(3)4)12-20-19(24)21-16-10-7-14(2)17(11-16)23(25)26/h5-11,18H,12H2,1-4H3,(H2,20,21,24)/t18-/m0/s1. The molecule has 2 aromatic rings. The van der Waals surface area contributed by atoms with Gasteiger partial charge < -0.3 is 15.5 Å². The average Bonchev–Trinajstić information content (AvgIpc) is 2.58. The summed E-state index contributed by atoms with van der Waals surface area (Å²) in [6.07, 6.45) is 0. The molecule has 2 rings (SSSR count). The normalized spacial score (nSPS) is 11.9. The van der Waals surface area contributed by atoms with E-state index in [9.17, 15) is 14.9 Å². The van der Waals surface area contributed by atoms with Gasteiger partial charge in [-0.3, -0.25) is 10.1 Å². The summed E-state index contributed by atoms with van der Waals surface area (Å²) in [4.78, 5) is 24.8. The van der Waals surface area contributed by atoms with E-state index in [1.54, 1.807) is 19.1 Å². The Bertz CT molecular complexity index is 788. The molecule has 0 saturated carbocycles. The predicted octanol–water partition coefficient (Wildman–Crippen LogP) is 3.64. The number of anilines is 1. The molecule has 0 bridgehead atoms. The summed E-state index contributed by atoms with van der Waals surface area (Å²) in [6.45, 7) is 4.10. The van der Waals surface area contributed by atoms with E-state index in [1.807, 2.05) is 50.2 Å². The highest BCUT2D eigenvalue weighted by molar-refractivity contribution is 5.89. The summed E-state index contributed by atoms with van der Waals surface area (Å²) in [5.74, 6) is 0. The first kappa shape index (κ1) is 19.4. The van der Waals surface area contributed by atoms with Crippen LogP contribution in [0.25, 0.3) is 0 Å². The third-order valence-corrected chi connectivity index (χ3v) is 4.21. The largest absolute Gasteiger partial charge is 0.336 e. The molecule has 2 amide bonds. The van der Waals surface area contributed by atoms with Gasteiger partial charge in [-0.25, -0.2) is 4.79 Å². The molecule has 7 nitrogen and oxygen atoms in total. The van der Waals surface area contributed by atoms with Crippen LogP contribution in [-0.2, 0) is 0 Å². The van der Waals surface area contributed by atoms with Gasteiger partial charge in [0.1, 0.15) is 0 Å². The maximum atomic E-state index is 12.2. The zero-order valence-corrected chi connectivity index (χ0v) is 15.4. The van der Waals surface area contributed by atoms with E-state index >= 15 is 0 Å². The van der Waals surface area contributed by atoms with E-state index < -0.39 is 11.0 Å². The van der Waals surface area contributed by atoms with Crippen LogP contribution in [0.3, 0.4) is 0 Å². The lowest BCUT2D eigenvalue weighted by Crippen LogP contribution is -2.36. The van der Waals surface area contributed by atoms with Crippen molar-refractivity contribution >= 4 is 17.4 Å². The van der Waals surface area contributed by atoms with Crippen molar-refractivity contribution in [1.29, 1.82) is 0 Å². The number of carbonyl (C=O) groups is 1. The van der Waals surface area contributed by atoms with Gasteiger partial charge in [-0.1, -0.05) is 35.9 Å². The van der Waals surface area contributed by atoms with Gasteiger partial charge in [0.05, 0.1) is 11.0 Å². The summed E-state index contributed by atoms with van der Waals surface area (Å²) in [6, 6.07) is 12.4. The first-order chi connectivity index (χ1) is 12.3. The van der Waals surface area contributed by atoms with Gasteiger partial charge in [0.2, 0.25) is 0 Å². The lowest BCUT2D eigenvalue weighted by molar-refractivity contribution is -0.385. The summed E-state index contributed by atoms with van der Waals surface area (Å²) < 4.78 is 0. The Balaban J connectivity index is 2.01. The van der Waals surface area contributed by atoms with Gasteiger partial charge in [-0.05, 0) is 39.6 Å². The predicted molar refractivity (Wildman–Crippen MR) is 102 cm³/mol. The molecule has 0 aliphatic heterocycles. The SMILES string of the molecule is Cc1ccc([C@H](CNC(=O)Nc2ccc(C)c([N+](=O)[O-])c2)N(C)C)cc1. The molecule has 0 unspecified atom stereocenters. The van der Waals surface area contributed by atoms with Gasteiger partial charge in [0.25, 0.3) is 5.69 Å². The zero-order valence-electron chi connectivity index (χ0n) is 15.4. The molecule has 0 heterocycles. The van der Waals surface area contributed by atoms with Gasteiger partial charge >= 0.3 is 6.03 Å². The summed E-state index contributed by atoms with van der Waals surface area (Å²) in [7, 11) is 3.90. The van der Waals surface area contributed by atoms with E-state index in [1.165, 1.54) is 11.6 Å². The smallest absolute Gasteiger partial charge is 0.319 e. The number of nitrogens with one attached hydrogen (secondary N) is 2. The van der Waals surface area contributed by atoms with Crippen LogP contribution >= 0.6 is 0 Å². The molecule has 0 fully saturated rings. The second-order valence-electron chi connectivity index (χ2n) is 6.48. The number of rotatable bonds is 6. The highest BCUT2D eigenvalue weighted by Crippen LogP contribution is 2.22. The molecule has 0 radical (unpaired) electrons. The fraction of sp³-hybridized carbons (Fsp3) is 0.316. The minimum atomic E-state index is -0.460. The number of nitrogens with zero attached hydrogens (tertiary/aromatic N) is 2. The van der Waals surface area contributed by atoms with Crippen molar-refractivity contribution in [3.05, 3.63) is 69.3 Å². The molecule has 0 aromatic heterocycles. The van der Waals surface area contributed by atoms with Crippen LogP contribution in [0.2, 0.25) is 0 Å². The number of hydrogen-bond acceptors (Lipinski definition) is 4. The molecular formula is C19H24N4O3. The Morgan fingerprint density at radius 1 is 1.15 bits per heavy atom. The van der Waals surface area contributed by atoms with Crippen LogP contribution in [0.1, 0.15) is 22.7 Å². The molecule has 0 saturated heterocycles. The number of likely N-dealkylation sites (N-methyl/N-ethyl adjacent to an activating group) is 1. The van der Waals surface area contributed by atoms with Crippen molar-refractivity contribution in [2.75, 3.05) is 26.0 Å². The number of nitro benzene ring substituents is 1. The van der Waals surface area contributed by atoms with Gasteiger partial charge in [-0.2, -0.15) is 0 Å². The van der Waals surface area contributed by atoms with Crippen molar-refractivity contribution in [2.24, 2.45) is 0 Å². The molecule has 7 heteroatoms. The lowest BCUT2D eigenvalue weighted by atomic mass is 10.0. The molecule has 0 aliphatic rings. The first-order valence-corrected chi connectivity index (χ1v) is 8.31. The number of carbonyl (C=O) groups excluding carboxylic acids is 1.